The van der Waals surface area contributed by atoms with Gasteiger partial charge in [-0.3, -0.25) is 0 Å². The van der Waals surface area contributed by atoms with Crippen molar-refractivity contribution in [2.24, 2.45) is 0 Å². The first-order valence-corrected chi connectivity index (χ1v) is 6.54. The summed E-state index contributed by atoms with van der Waals surface area (Å²) in [5.74, 6) is -3.55. The number of hydrogen-bond donors (Lipinski definition) is 0. The van der Waals surface area contributed by atoms with E-state index in [2.05, 4.69) is 4.98 Å². The summed E-state index contributed by atoms with van der Waals surface area (Å²) in [5, 5.41) is 0. The molecule has 1 aliphatic rings. The van der Waals surface area contributed by atoms with Gasteiger partial charge in [0, 0.05) is 18.3 Å². The Labute approximate surface area is 114 Å². The molecule has 1 aromatic heterocycles. The topological polar surface area (TPSA) is 16.1 Å². The highest BCUT2D eigenvalue weighted by Crippen LogP contribution is 2.33. The summed E-state index contributed by atoms with van der Waals surface area (Å²) in [5.41, 5.74) is 1.87. The summed E-state index contributed by atoms with van der Waals surface area (Å²) < 4.78 is 40.2. The highest BCUT2D eigenvalue weighted by atomic mass is 19.2. The van der Waals surface area contributed by atoms with Crippen molar-refractivity contribution in [3.05, 3.63) is 53.5 Å². The summed E-state index contributed by atoms with van der Waals surface area (Å²) >= 11 is 0. The van der Waals surface area contributed by atoms with Crippen LogP contribution in [0.5, 0.6) is 0 Å². The number of benzene rings is 1. The van der Waals surface area contributed by atoms with Crippen molar-refractivity contribution in [2.75, 3.05) is 11.4 Å². The molecule has 5 heteroatoms. The van der Waals surface area contributed by atoms with E-state index < -0.39 is 17.6 Å². The maximum absolute atomic E-state index is 13.9. The molecule has 0 spiro atoms. The normalized spacial score (nSPS) is 14.8. The number of rotatable bonds is 1. The van der Waals surface area contributed by atoms with E-state index in [1.165, 1.54) is 0 Å². The van der Waals surface area contributed by atoms with Gasteiger partial charge in [0.15, 0.2) is 17.5 Å². The number of aryl methyl sites for hydroxylation is 1. The maximum Gasteiger partial charge on any atom is 0.251 e. The lowest BCUT2D eigenvalue weighted by Gasteiger charge is -2.24. The first-order chi connectivity index (χ1) is 9.66. The molecule has 0 saturated heterocycles. The zero-order valence-corrected chi connectivity index (χ0v) is 10.7. The third kappa shape index (κ3) is 2.24. The van der Waals surface area contributed by atoms with E-state index in [-0.39, 0.29) is 5.82 Å². The second-order valence-electron chi connectivity index (χ2n) is 4.80. The Morgan fingerprint density at radius 2 is 1.80 bits per heavy atom. The van der Waals surface area contributed by atoms with Crippen molar-refractivity contribution in [3.63, 3.8) is 0 Å². The van der Waals surface area contributed by atoms with Crippen LogP contribution in [-0.2, 0) is 6.42 Å². The Morgan fingerprint density at radius 1 is 1.00 bits per heavy atom. The van der Waals surface area contributed by atoms with Gasteiger partial charge in [-0.2, -0.15) is 9.37 Å². The number of aromatic nitrogens is 1. The van der Waals surface area contributed by atoms with Crippen LogP contribution in [0.3, 0.4) is 0 Å². The SMILES string of the molecule is Fc1cc(F)c(N2CCCCc3ccccc32)nc1F. The first-order valence-electron chi connectivity index (χ1n) is 6.54. The van der Waals surface area contributed by atoms with Gasteiger partial charge in [0.25, 0.3) is 5.95 Å². The molecule has 0 bridgehead atoms. The van der Waals surface area contributed by atoms with Crippen molar-refractivity contribution < 1.29 is 13.2 Å². The number of fused-ring (bicyclic) bond motifs is 1. The summed E-state index contributed by atoms with van der Waals surface area (Å²) in [4.78, 5) is 5.07. The molecule has 0 aliphatic carbocycles. The molecule has 0 radical (unpaired) electrons. The second-order valence-corrected chi connectivity index (χ2v) is 4.80. The van der Waals surface area contributed by atoms with E-state index in [9.17, 15) is 13.2 Å². The molecule has 0 N–H and O–H groups in total. The molecule has 0 fully saturated rings. The Kier molecular flexibility index (Phi) is 3.34. The molecular formula is C15H13F3N2. The Hall–Kier alpha value is -2.04. The molecule has 0 saturated carbocycles. The average Bonchev–Trinajstić information content (AvgIpc) is 2.65. The number of para-hydroxylation sites is 1. The minimum Gasteiger partial charge on any atom is -0.324 e. The summed E-state index contributed by atoms with van der Waals surface area (Å²) in [6, 6.07) is 8.12. The molecular weight excluding hydrogens is 265 g/mol. The van der Waals surface area contributed by atoms with Gasteiger partial charge < -0.3 is 4.90 Å². The van der Waals surface area contributed by atoms with E-state index >= 15 is 0 Å². The van der Waals surface area contributed by atoms with Crippen LogP contribution < -0.4 is 4.90 Å². The highest BCUT2D eigenvalue weighted by molar-refractivity contribution is 5.64. The lowest BCUT2D eigenvalue weighted by Crippen LogP contribution is -2.21. The van der Waals surface area contributed by atoms with Crippen LogP contribution in [0, 0.1) is 17.6 Å². The molecule has 0 amide bonds. The standard InChI is InChI=1S/C15H13F3N2/c16-11-9-12(17)15(19-14(11)18)20-8-4-3-6-10-5-1-2-7-13(10)20/h1-2,5,7,9H,3-4,6,8H2. The van der Waals surface area contributed by atoms with Crippen molar-refractivity contribution in [1.82, 2.24) is 4.98 Å². The average molecular weight is 278 g/mol. The monoisotopic (exact) mass is 278 g/mol. The zero-order chi connectivity index (χ0) is 14.1. The second kappa shape index (κ2) is 5.15. The fourth-order valence-corrected chi connectivity index (χ4v) is 2.54. The minimum absolute atomic E-state index is 0.154. The Morgan fingerprint density at radius 3 is 2.65 bits per heavy atom. The van der Waals surface area contributed by atoms with Crippen molar-refractivity contribution in [3.8, 4) is 0 Å². The first kappa shape index (κ1) is 13.0. The van der Waals surface area contributed by atoms with Gasteiger partial charge in [-0.15, -0.1) is 0 Å². The molecule has 2 nitrogen and oxygen atoms in total. The molecule has 0 atom stereocenters. The molecule has 1 aromatic carbocycles. The lowest BCUT2D eigenvalue weighted by atomic mass is 10.1. The number of nitrogens with zero attached hydrogens (tertiary/aromatic N) is 2. The van der Waals surface area contributed by atoms with Crippen molar-refractivity contribution >= 4 is 11.5 Å². The Balaban J connectivity index is 2.12. The molecule has 1 aliphatic heterocycles. The number of pyridine rings is 1. The van der Waals surface area contributed by atoms with E-state index in [1.54, 1.807) is 4.90 Å². The number of anilines is 2. The van der Waals surface area contributed by atoms with Crippen LogP contribution in [0.15, 0.2) is 30.3 Å². The van der Waals surface area contributed by atoms with E-state index in [4.69, 9.17) is 0 Å². The summed E-state index contributed by atoms with van der Waals surface area (Å²) in [6.45, 7) is 0.534. The van der Waals surface area contributed by atoms with Crippen LogP contribution >= 0.6 is 0 Å². The van der Waals surface area contributed by atoms with Crippen molar-refractivity contribution in [2.45, 2.75) is 19.3 Å². The predicted octanol–water partition coefficient (Wildman–Crippen LogP) is 3.97. The predicted molar refractivity (Wildman–Crippen MR) is 70.5 cm³/mol. The van der Waals surface area contributed by atoms with Crippen LogP contribution in [0.1, 0.15) is 18.4 Å². The molecule has 0 unspecified atom stereocenters. The lowest BCUT2D eigenvalue weighted by molar-refractivity contribution is 0.464. The number of hydrogen-bond acceptors (Lipinski definition) is 2. The minimum atomic E-state index is -1.27. The largest absolute Gasteiger partial charge is 0.324 e. The maximum atomic E-state index is 13.9. The van der Waals surface area contributed by atoms with Gasteiger partial charge in [0.2, 0.25) is 0 Å². The highest BCUT2D eigenvalue weighted by Gasteiger charge is 2.22. The molecule has 2 heterocycles. The van der Waals surface area contributed by atoms with Crippen LogP contribution in [-0.4, -0.2) is 11.5 Å². The van der Waals surface area contributed by atoms with Gasteiger partial charge in [0.05, 0.1) is 0 Å². The third-order valence-corrected chi connectivity index (χ3v) is 3.48. The smallest absolute Gasteiger partial charge is 0.251 e. The molecule has 20 heavy (non-hydrogen) atoms. The van der Waals surface area contributed by atoms with E-state index in [1.807, 2.05) is 24.3 Å². The van der Waals surface area contributed by atoms with Gasteiger partial charge in [-0.05, 0) is 30.9 Å². The van der Waals surface area contributed by atoms with Gasteiger partial charge >= 0.3 is 0 Å². The fraction of sp³-hybridized carbons (Fsp3) is 0.267. The van der Waals surface area contributed by atoms with Crippen molar-refractivity contribution in [1.29, 1.82) is 0 Å². The third-order valence-electron chi connectivity index (χ3n) is 3.48. The molecule has 104 valence electrons. The number of halogens is 3. The Bertz CT molecular complexity index is 643. The zero-order valence-electron chi connectivity index (χ0n) is 10.7. The molecule has 3 rings (SSSR count). The van der Waals surface area contributed by atoms with Gasteiger partial charge in [-0.25, -0.2) is 8.78 Å². The van der Waals surface area contributed by atoms with E-state index in [0.29, 0.717) is 12.6 Å². The summed E-state index contributed by atoms with van der Waals surface area (Å²) in [6.07, 6.45) is 2.70. The molecule has 2 aromatic rings. The van der Waals surface area contributed by atoms with E-state index in [0.717, 1.165) is 30.5 Å². The van der Waals surface area contributed by atoms with Crippen LogP contribution in [0.2, 0.25) is 0 Å². The quantitative estimate of drug-likeness (QED) is 0.734. The van der Waals surface area contributed by atoms with Gasteiger partial charge in [-0.1, -0.05) is 18.2 Å². The van der Waals surface area contributed by atoms with Gasteiger partial charge in [0.1, 0.15) is 0 Å². The summed E-state index contributed by atoms with van der Waals surface area (Å²) in [7, 11) is 0. The van der Waals surface area contributed by atoms with Crippen LogP contribution in [0.4, 0.5) is 24.7 Å². The fourth-order valence-electron chi connectivity index (χ4n) is 2.54. The van der Waals surface area contributed by atoms with Crippen LogP contribution in [0.25, 0.3) is 0 Å².